The molecule has 2 rings (SSSR count). The summed E-state index contributed by atoms with van der Waals surface area (Å²) in [4.78, 5) is 12.9. The monoisotopic (exact) mass is 224 g/mol. The van der Waals surface area contributed by atoms with E-state index in [2.05, 4.69) is 19.2 Å². The lowest BCUT2D eigenvalue weighted by atomic mass is 10.0. The van der Waals surface area contributed by atoms with Gasteiger partial charge in [0.2, 0.25) is 5.76 Å². The van der Waals surface area contributed by atoms with Gasteiger partial charge in [-0.1, -0.05) is 13.8 Å². The molecule has 16 heavy (non-hydrogen) atoms. The Kier molecular flexibility index (Phi) is 2.53. The average molecular weight is 224 g/mol. The molecule has 0 fully saturated rings. The predicted molar refractivity (Wildman–Crippen MR) is 61.2 cm³/mol. The molecule has 1 aliphatic heterocycles. The second-order valence-electron chi connectivity index (χ2n) is 4.51. The van der Waals surface area contributed by atoms with Crippen molar-refractivity contribution in [2.45, 2.75) is 19.9 Å². The normalized spacial score (nSPS) is 19.5. The van der Waals surface area contributed by atoms with E-state index >= 15 is 0 Å². The largest absolute Gasteiger partial charge is 0.475 e. The summed E-state index contributed by atoms with van der Waals surface area (Å²) in [6, 6.07) is 0.316. The maximum absolute atomic E-state index is 10.9. The van der Waals surface area contributed by atoms with E-state index in [9.17, 15) is 4.79 Å². The van der Waals surface area contributed by atoms with Gasteiger partial charge in [-0.2, -0.15) is 0 Å². The van der Waals surface area contributed by atoms with Crippen LogP contribution in [0, 0.1) is 5.92 Å². The van der Waals surface area contributed by atoms with Crippen molar-refractivity contribution < 1.29 is 14.3 Å². The van der Waals surface area contributed by atoms with E-state index in [0.29, 0.717) is 17.6 Å². The van der Waals surface area contributed by atoms with Crippen molar-refractivity contribution in [3.05, 3.63) is 12.0 Å². The van der Waals surface area contributed by atoms with Crippen LogP contribution in [0.3, 0.4) is 0 Å². The fraction of sp³-hybridized carbons (Fsp3) is 0.545. The molecule has 0 saturated heterocycles. The number of likely N-dealkylation sites (N-methyl/N-ethyl adjacent to an activating group) is 1. The number of nitrogens with one attached hydrogen (secondary N) is 1. The second kappa shape index (κ2) is 3.73. The highest BCUT2D eigenvalue weighted by Gasteiger charge is 2.30. The molecule has 0 bridgehead atoms. The van der Waals surface area contributed by atoms with Crippen LogP contribution in [0.5, 0.6) is 0 Å². The topological polar surface area (TPSA) is 65.7 Å². The van der Waals surface area contributed by atoms with Gasteiger partial charge >= 0.3 is 5.97 Å². The van der Waals surface area contributed by atoms with Gasteiger partial charge in [0.25, 0.3) is 0 Å². The fourth-order valence-electron chi connectivity index (χ4n) is 1.99. The highest BCUT2D eigenvalue weighted by Crippen LogP contribution is 2.36. The maximum Gasteiger partial charge on any atom is 0.374 e. The molecule has 0 amide bonds. The Morgan fingerprint density at radius 2 is 2.38 bits per heavy atom. The van der Waals surface area contributed by atoms with Crippen molar-refractivity contribution in [3.63, 3.8) is 0 Å². The summed E-state index contributed by atoms with van der Waals surface area (Å²) in [7, 11) is 1.89. The first-order chi connectivity index (χ1) is 7.50. The smallest absolute Gasteiger partial charge is 0.374 e. The third-order valence-corrected chi connectivity index (χ3v) is 2.96. The second-order valence-corrected chi connectivity index (χ2v) is 4.51. The molecule has 5 nitrogen and oxygen atoms in total. The lowest BCUT2D eigenvalue weighted by Crippen LogP contribution is -2.42. The average Bonchev–Trinajstić information content (AvgIpc) is 2.61. The van der Waals surface area contributed by atoms with Crippen LogP contribution in [0.25, 0.3) is 0 Å². The number of fused-ring (bicyclic) bond motifs is 1. The van der Waals surface area contributed by atoms with Crippen LogP contribution in [0.1, 0.15) is 24.4 Å². The number of rotatable bonds is 2. The van der Waals surface area contributed by atoms with Crippen LogP contribution in [0.2, 0.25) is 0 Å². The molecule has 2 N–H and O–H groups in total. The van der Waals surface area contributed by atoms with Crippen molar-refractivity contribution in [2.24, 2.45) is 5.92 Å². The highest BCUT2D eigenvalue weighted by atomic mass is 16.4. The molecular weight excluding hydrogens is 208 g/mol. The molecule has 0 radical (unpaired) electrons. The zero-order valence-electron chi connectivity index (χ0n) is 9.65. The summed E-state index contributed by atoms with van der Waals surface area (Å²) in [5.74, 6) is -0.538. The molecule has 2 heterocycles. The number of hydrogen-bond donors (Lipinski definition) is 2. The van der Waals surface area contributed by atoms with Gasteiger partial charge in [-0.15, -0.1) is 0 Å². The van der Waals surface area contributed by atoms with E-state index in [-0.39, 0.29) is 5.76 Å². The number of carboxylic acid groups (broad SMARTS) is 1. The van der Waals surface area contributed by atoms with E-state index in [1.807, 2.05) is 11.9 Å². The fourth-order valence-corrected chi connectivity index (χ4v) is 1.99. The molecule has 1 aliphatic rings. The Balaban J connectivity index is 2.36. The molecule has 0 spiro atoms. The molecule has 0 aliphatic carbocycles. The van der Waals surface area contributed by atoms with Gasteiger partial charge in [-0.25, -0.2) is 4.79 Å². The Morgan fingerprint density at radius 3 is 2.94 bits per heavy atom. The minimum absolute atomic E-state index is 0.00667. The summed E-state index contributed by atoms with van der Waals surface area (Å²) >= 11 is 0. The van der Waals surface area contributed by atoms with Crippen molar-refractivity contribution in [1.29, 1.82) is 0 Å². The van der Waals surface area contributed by atoms with Gasteiger partial charge in [0, 0.05) is 19.6 Å². The lowest BCUT2D eigenvalue weighted by molar-refractivity contribution is 0.0663. The molecule has 1 aromatic heterocycles. The van der Waals surface area contributed by atoms with Crippen LogP contribution in [-0.4, -0.2) is 30.7 Å². The van der Waals surface area contributed by atoms with Crippen LogP contribution < -0.4 is 10.2 Å². The van der Waals surface area contributed by atoms with E-state index in [1.54, 1.807) is 0 Å². The van der Waals surface area contributed by atoms with Gasteiger partial charge < -0.3 is 19.7 Å². The predicted octanol–water partition coefficient (Wildman–Crippen LogP) is 1.86. The van der Waals surface area contributed by atoms with E-state index < -0.39 is 5.97 Å². The molecule has 0 aromatic carbocycles. The highest BCUT2D eigenvalue weighted by molar-refractivity contribution is 5.96. The number of nitrogens with zero attached hydrogens (tertiary/aromatic N) is 1. The molecule has 1 atom stereocenters. The first-order valence-electron chi connectivity index (χ1n) is 5.33. The molecule has 0 saturated carbocycles. The van der Waals surface area contributed by atoms with Crippen LogP contribution in [0.4, 0.5) is 11.4 Å². The van der Waals surface area contributed by atoms with E-state index in [0.717, 1.165) is 12.2 Å². The third kappa shape index (κ3) is 1.62. The van der Waals surface area contributed by atoms with Crippen LogP contribution in [0.15, 0.2) is 10.7 Å². The Hall–Kier alpha value is -1.65. The van der Waals surface area contributed by atoms with Gasteiger partial charge in [-0.05, 0) is 5.92 Å². The Morgan fingerprint density at radius 1 is 1.69 bits per heavy atom. The summed E-state index contributed by atoms with van der Waals surface area (Å²) in [6.45, 7) is 5.05. The lowest BCUT2D eigenvalue weighted by Gasteiger charge is -2.34. The van der Waals surface area contributed by atoms with Crippen molar-refractivity contribution in [3.8, 4) is 0 Å². The van der Waals surface area contributed by atoms with Gasteiger partial charge in [0.15, 0.2) is 0 Å². The number of carbonyl (C=O) groups is 1. The summed E-state index contributed by atoms with van der Waals surface area (Å²) in [5, 5.41) is 12.3. The van der Waals surface area contributed by atoms with Crippen molar-refractivity contribution in [2.75, 3.05) is 23.8 Å². The number of anilines is 2. The molecule has 5 heteroatoms. The SMILES string of the molecule is CC(C)C1CN(C)c2c(coc2C(=O)O)N1. The zero-order valence-corrected chi connectivity index (χ0v) is 9.65. The number of aromatic carboxylic acids is 1. The number of carboxylic acids is 1. The van der Waals surface area contributed by atoms with Gasteiger partial charge in [-0.3, -0.25) is 0 Å². The first-order valence-corrected chi connectivity index (χ1v) is 5.33. The van der Waals surface area contributed by atoms with Crippen LogP contribution >= 0.6 is 0 Å². The molecule has 1 unspecified atom stereocenters. The minimum Gasteiger partial charge on any atom is -0.475 e. The van der Waals surface area contributed by atoms with Gasteiger partial charge in [0.05, 0.1) is 5.69 Å². The number of furan rings is 1. The quantitative estimate of drug-likeness (QED) is 0.802. The molecular formula is C11H16N2O3. The van der Waals surface area contributed by atoms with Gasteiger partial charge in [0.1, 0.15) is 12.0 Å². The minimum atomic E-state index is -1.03. The van der Waals surface area contributed by atoms with E-state index in [1.165, 1.54) is 6.26 Å². The van der Waals surface area contributed by atoms with E-state index in [4.69, 9.17) is 9.52 Å². The van der Waals surface area contributed by atoms with Crippen molar-refractivity contribution >= 4 is 17.3 Å². The zero-order chi connectivity index (χ0) is 11.9. The standard InChI is InChI=1S/C11H16N2O3/c1-6(2)7-4-13(3)9-8(12-7)5-16-10(9)11(14)15/h5-7,12H,4H2,1-3H3,(H,14,15). The van der Waals surface area contributed by atoms with Crippen LogP contribution in [-0.2, 0) is 0 Å². The summed E-state index contributed by atoms with van der Waals surface area (Å²) < 4.78 is 5.07. The number of hydrogen-bond acceptors (Lipinski definition) is 4. The third-order valence-electron chi connectivity index (χ3n) is 2.96. The first kappa shape index (κ1) is 10.9. The maximum atomic E-state index is 10.9. The molecule has 1 aromatic rings. The van der Waals surface area contributed by atoms with Crippen molar-refractivity contribution in [1.82, 2.24) is 0 Å². The summed E-state index contributed by atoms with van der Waals surface area (Å²) in [6.07, 6.45) is 1.48. The summed E-state index contributed by atoms with van der Waals surface area (Å²) in [5.41, 5.74) is 1.41. The Bertz CT molecular complexity index is 411. The Labute approximate surface area is 94.0 Å². The molecule has 88 valence electrons.